The summed E-state index contributed by atoms with van der Waals surface area (Å²) in [4.78, 5) is 0. The highest BCUT2D eigenvalue weighted by Crippen LogP contribution is 2.34. The summed E-state index contributed by atoms with van der Waals surface area (Å²) < 4.78 is 42.6. The first-order valence-electron chi connectivity index (χ1n) is 5.01. The van der Waals surface area contributed by atoms with Gasteiger partial charge in [0, 0.05) is 11.8 Å². The molecule has 0 radical (unpaired) electrons. The molecule has 1 N–H and O–H groups in total. The Kier molecular flexibility index (Phi) is 2.69. The van der Waals surface area contributed by atoms with Crippen LogP contribution in [-0.4, -0.2) is 19.3 Å². The molecule has 1 atom stereocenters. The van der Waals surface area contributed by atoms with E-state index < -0.39 is 12.2 Å². The van der Waals surface area contributed by atoms with Gasteiger partial charge in [0.25, 0.3) is 0 Å². The average molecular weight is 231 g/mol. The molecule has 0 aliphatic carbocycles. The normalized spacial score (nSPS) is 19.9. The summed E-state index contributed by atoms with van der Waals surface area (Å²) in [5, 5.41) is 2.51. The molecule has 1 aromatic carbocycles. The first-order chi connectivity index (χ1) is 7.50. The lowest BCUT2D eigenvalue weighted by Gasteiger charge is -2.28. The second-order valence-corrected chi connectivity index (χ2v) is 3.80. The molecule has 2 nitrogen and oxygen atoms in total. The molecule has 1 aromatic rings. The zero-order chi connectivity index (χ0) is 11.8. The topological polar surface area (TPSA) is 21.3 Å². The van der Waals surface area contributed by atoms with E-state index in [1.807, 2.05) is 0 Å². The van der Waals surface area contributed by atoms with E-state index in [4.69, 9.17) is 4.74 Å². The minimum atomic E-state index is -4.19. The Bertz CT molecular complexity index is 389. The van der Waals surface area contributed by atoms with Crippen LogP contribution in [0.25, 0.3) is 0 Å². The molecule has 88 valence electrons. The van der Waals surface area contributed by atoms with Crippen LogP contribution in [0.3, 0.4) is 0 Å². The number of halogens is 3. The van der Waals surface area contributed by atoms with E-state index in [1.165, 1.54) is 7.11 Å². The lowest BCUT2D eigenvalue weighted by molar-refractivity contribution is -0.144. The zero-order valence-electron chi connectivity index (χ0n) is 8.77. The van der Waals surface area contributed by atoms with E-state index >= 15 is 0 Å². The highest BCUT2D eigenvalue weighted by atomic mass is 19.4. The minimum Gasteiger partial charge on any atom is -0.497 e. The van der Waals surface area contributed by atoms with E-state index in [-0.39, 0.29) is 6.42 Å². The van der Waals surface area contributed by atoms with Crippen LogP contribution < -0.4 is 10.1 Å². The second-order valence-electron chi connectivity index (χ2n) is 3.80. The van der Waals surface area contributed by atoms with Crippen LogP contribution in [0, 0.1) is 0 Å². The fourth-order valence-corrected chi connectivity index (χ4v) is 1.84. The summed E-state index contributed by atoms with van der Waals surface area (Å²) in [6.45, 7) is 0. The van der Waals surface area contributed by atoms with Crippen molar-refractivity contribution in [3.05, 3.63) is 23.8 Å². The van der Waals surface area contributed by atoms with Gasteiger partial charge in [-0.05, 0) is 24.5 Å². The number of ether oxygens (including phenoxy) is 1. The van der Waals surface area contributed by atoms with Gasteiger partial charge in [-0.3, -0.25) is 0 Å². The second kappa shape index (κ2) is 3.88. The summed E-state index contributed by atoms with van der Waals surface area (Å²) in [7, 11) is 1.49. The van der Waals surface area contributed by atoms with Crippen molar-refractivity contribution in [2.75, 3.05) is 12.4 Å². The summed E-state index contributed by atoms with van der Waals surface area (Å²) in [5.41, 5.74) is 1.43. The highest BCUT2D eigenvalue weighted by molar-refractivity contribution is 5.57. The molecular weight excluding hydrogens is 219 g/mol. The van der Waals surface area contributed by atoms with Crippen molar-refractivity contribution >= 4 is 5.69 Å². The van der Waals surface area contributed by atoms with Gasteiger partial charge in [0.2, 0.25) is 0 Å². The Morgan fingerprint density at radius 1 is 1.38 bits per heavy atom. The van der Waals surface area contributed by atoms with Gasteiger partial charge in [-0.1, -0.05) is 6.07 Å². The number of hydrogen-bond donors (Lipinski definition) is 1. The Hall–Kier alpha value is -1.39. The number of rotatable bonds is 1. The van der Waals surface area contributed by atoms with Gasteiger partial charge in [0.05, 0.1) is 7.11 Å². The molecule has 0 amide bonds. The number of fused-ring (bicyclic) bond motifs is 1. The molecule has 0 bridgehead atoms. The number of anilines is 1. The maximum absolute atomic E-state index is 12.5. The smallest absolute Gasteiger partial charge is 0.408 e. The van der Waals surface area contributed by atoms with Crippen LogP contribution in [0.1, 0.15) is 12.0 Å². The molecule has 2 rings (SSSR count). The van der Waals surface area contributed by atoms with Gasteiger partial charge in [0.1, 0.15) is 11.8 Å². The number of nitrogens with one attached hydrogen (secondary N) is 1. The minimum absolute atomic E-state index is 0.0861. The Morgan fingerprint density at radius 3 is 2.75 bits per heavy atom. The number of benzene rings is 1. The van der Waals surface area contributed by atoms with Gasteiger partial charge >= 0.3 is 6.18 Å². The van der Waals surface area contributed by atoms with E-state index in [0.29, 0.717) is 17.9 Å². The first-order valence-corrected chi connectivity index (χ1v) is 5.01. The molecule has 0 spiro atoms. The first kappa shape index (κ1) is 11.1. The van der Waals surface area contributed by atoms with E-state index in [9.17, 15) is 13.2 Å². The van der Waals surface area contributed by atoms with Crippen molar-refractivity contribution in [2.24, 2.45) is 0 Å². The van der Waals surface area contributed by atoms with Crippen molar-refractivity contribution in [3.63, 3.8) is 0 Å². The summed E-state index contributed by atoms with van der Waals surface area (Å²) in [6.07, 6.45) is -3.67. The third-order valence-corrected chi connectivity index (χ3v) is 2.74. The van der Waals surface area contributed by atoms with Crippen LogP contribution in [0.2, 0.25) is 0 Å². The maximum atomic E-state index is 12.5. The fourth-order valence-electron chi connectivity index (χ4n) is 1.84. The maximum Gasteiger partial charge on any atom is 0.408 e. The van der Waals surface area contributed by atoms with Crippen molar-refractivity contribution in [1.29, 1.82) is 0 Å². The lowest BCUT2D eigenvalue weighted by Crippen LogP contribution is -2.39. The number of aryl methyl sites for hydroxylation is 1. The molecule has 1 unspecified atom stereocenters. The molecular formula is C11H12F3NO. The van der Waals surface area contributed by atoms with Crippen LogP contribution in [-0.2, 0) is 6.42 Å². The third-order valence-electron chi connectivity index (χ3n) is 2.74. The van der Waals surface area contributed by atoms with Crippen LogP contribution in [0.4, 0.5) is 18.9 Å². The standard InChI is InChI=1S/C11H12F3NO/c1-16-8-4-2-7-3-5-10(11(12,13)14)15-9(7)6-8/h2,4,6,10,15H,3,5H2,1H3. The SMILES string of the molecule is COc1ccc2c(c1)NC(C(F)(F)F)CC2. The molecule has 1 heterocycles. The highest BCUT2D eigenvalue weighted by Gasteiger charge is 2.41. The molecule has 5 heteroatoms. The van der Waals surface area contributed by atoms with Crippen LogP contribution in [0.15, 0.2) is 18.2 Å². The predicted molar refractivity (Wildman–Crippen MR) is 54.8 cm³/mol. The number of hydrogen-bond acceptors (Lipinski definition) is 2. The van der Waals surface area contributed by atoms with Gasteiger partial charge in [-0.15, -0.1) is 0 Å². The molecule has 1 aliphatic rings. The van der Waals surface area contributed by atoms with Gasteiger partial charge in [0.15, 0.2) is 0 Å². The number of alkyl halides is 3. The number of methoxy groups -OCH3 is 1. The quantitative estimate of drug-likeness (QED) is 0.802. The summed E-state index contributed by atoms with van der Waals surface area (Å²) in [5.74, 6) is 0.564. The molecule has 1 aliphatic heterocycles. The summed E-state index contributed by atoms with van der Waals surface area (Å²) >= 11 is 0. The van der Waals surface area contributed by atoms with Crippen molar-refractivity contribution in [1.82, 2.24) is 0 Å². The monoisotopic (exact) mass is 231 g/mol. The van der Waals surface area contributed by atoms with Crippen molar-refractivity contribution < 1.29 is 17.9 Å². The molecule has 0 fully saturated rings. The zero-order valence-corrected chi connectivity index (χ0v) is 8.77. The van der Waals surface area contributed by atoms with Gasteiger partial charge in [-0.2, -0.15) is 13.2 Å². The van der Waals surface area contributed by atoms with E-state index in [0.717, 1.165) is 5.56 Å². The van der Waals surface area contributed by atoms with Gasteiger partial charge in [-0.25, -0.2) is 0 Å². The van der Waals surface area contributed by atoms with Crippen LogP contribution >= 0.6 is 0 Å². The Balaban J connectivity index is 2.25. The van der Waals surface area contributed by atoms with E-state index in [2.05, 4.69) is 5.32 Å². The van der Waals surface area contributed by atoms with Crippen LogP contribution in [0.5, 0.6) is 5.75 Å². The van der Waals surface area contributed by atoms with Crippen molar-refractivity contribution in [3.8, 4) is 5.75 Å². The molecule has 0 aromatic heterocycles. The Morgan fingerprint density at radius 2 is 2.12 bits per heavy atom. The predicted octanol–water partition coefficient (Wildman–Crippen LogP) is 2.98. The average Bonchev–Trinajstić information content (AvgIpc) is 2.26. The third kappa shape index (κ3) is 2.08. The Labute approximate surface area is 91.4 Å². The summed E-state index contributed by atoms with van der Waals surface area (Å²) in [6, 6.07) is 3.71. The molecule has 0 saturated heterocycles. The van der Waals surface area contributed by atoms with Crippen molar-refractivity contribution in [2.45, 2.75) is 25.1 Å². The van der Waals surface area contributed by atoms with E-state index in [1.54, 1.807) is 18.2 Å². The molecule has 0 saturated carbocycles. The lowest BCUT2D eigenvalue weighted by atomic mass is 9.97. The fraction of sp³-hybridized carbons (Fsp3) is 0.455. The largest absolute Gasteiger partial charge is 0.497 e. The van der Waals surface area contributed by atoms with Gasteiger partial charge < -0.3 is 10.1 Å². The molecule has 16 heavy (non-hydrogen) atoms.